The molecule has 0 aliphatic carbocycles. The lowest BCUT2D eigenvalue weighted by atomic mass is 10.0. The summed E-state index contributed by atoms with van der Waals surface area (Å²) in [4.78, 5) is 24.3. The van der Waals surface area contributed by atoms with Crippen LogP contribution in [0.3, 0.4) is 0 Å². The Morgan fingerprint density at radius 2 is 2.05 bits per heavy atom. The lowest BCUT2D eigenvalue weighted by molar-refractivity contribution is -0.130. The lowest BCUT2D eigenvalue weighted by Gasteiger charge is -2.37. The summed E-state index contributed by atoms with van der Waals surface area (Å²) in [5, 5.41) is 0. The minimum atomic E-state index is 0.303. The Morgan fingerprint density at radius 3 is 2.67 bits per heavy atom. The Bertz CT molecular complexity index is 528. The van der Waals surface area contributed by atoms with Crippen LogP contribution in [0.2, 0.25) is 0 Å². The third-order valence-corrected chi connectivity index (χ3v) is 4.33. The van der Waals surface area contributed by atoms with Gasteiger partial charge in [-0.05, 0) is 19.3 Å². The Morgan fingerprint density at radius 1 is 1.29 bits per heavy atom. The average molecular weight is 291 g/mol. The fourth-order valence-electron chi connectivity index (χ4n) is 3.24. The van der Waals surface area contributed by atoms with Crippen molar-refractivity contribution in [1.29, 1.82) is 0 Å². The van der Waals surface area contributed by atoms with Crippen molar-refractivity contribution in [2.24, 2.45) is 0 Å². The smallest absolute Gasteiger partial charge is 0.222 e. The van der Waals surface area contributed by atoms with E-state index in [1.807, 2.05) is 4.90 Å². The fraction of sp³-hybridized carbons (Fsp3) is 0.643. The van der Waals surface area contributed by atoms with Crippen LogP contribution in [0.15, 0.2) is 6.33 Å². The zero-order valence-corrected chi connectivity index (χ0v) is 12.3. The van der Waals surface area contributed by atoms with E-state index >= 15 is 0 Å². The van der Waals surface area contributed by atoms with Crippen LogP contribution >= 0.6 is 0 Å². The highest BCUT2D eigenvalue weighted by atomic mass is 16.5. The minimum absolute atomic E-state index is 0.303. The first kappa shape index (κ1) is 13.9. The number of hydrogen-bond acceptors (Lipinski definition) is 6. The maximum atomic E-state index is 11.8. The molecule has 0 radical (unpaired) electrons. The number of ether oxygens (including phenoxy) is 1. The molecule has 7 nitrogen and oxygen atoms in total. The minimum Gasteiger partial charge on any atom is -0.490 e. The molecular weight excluding hydrogens is 270 g/mol. The predicted molar refractivity (Wildman–Crippen MR) is 79.2 cm³/mol. The largest absolute Gasteiger partial charge is 0.490 e. The van der Waals surface area contributed by atoms with E-state index in [1.165, 1.54) is 6.33 Å². The van der Waals surface area contributed by atoms with Crippen molar-refractivity contribution in [2.75, 3.05) is 37.4 Å². The number of carbonyl (C=O) groups excluding carboxylic acids is 1. The number of anilines is 2. The number of nitrogens with two attached hydrogens (primary N) is 1. The highest BCUT2D eigenvalue weighted by Gasteiger charge is 2.31. The molecule has 0 spiro atoms. The van der Waals surface area contributed by atoms with Gasteiger partial charge in [0.05, 0.1) is 7.11 Å². The Balaban J connectivity index is 1.68. The van der Waals surface area contributed by atoms with Gasteiger partial charge >= 0.3 is 0 Å². The van der Waals surface area contributed by atoms with Crippen LogP contribution < -0.4 is 15.4 Å². The Labute approximate surface area is 124 Å². The van der Waals surface area contributed by atoms with E-state index in [2.05, 4.69) is 14.9 Å². The van der Waals surface area contributed by atoms with Crippen LogP contribution in [0, 0.1) is 0 Å². The molecular formula is C14H21N5O2. The number of nitrogens with zero attached hydrogens (tertiary/aromatic N) is 4. The molecule has 2 aliphatic rings. The summed E-state index contributed by atoms with van der Waals surface area (Å²) in [7, 11) is 1.58. The number of hydrogen-bond donors (Lipinski definition) is 1. The zero-order chi connectivity index (χ0) is 14.8. The molecule has 3 rings (SSSR count). The topological polar surface area (TPSA) is 84.6 Å². The van der Waals surface area contributed by atoms with Crippen molar-refractivity contribution < 1.29 is 9.53 Å². The first-order valence-electron chi connectivity index (χ1n) is 7.39. The van der Waals surface area contributed by atoms with Gasteiger partial charge in [0.2, 0.25) is 11.7 Å². The molecule has 0 atom stereocenters. The maximum absolute atomic E-state index is 11.8. The summed E-state index contributed by atoms with van der Waals surface area (Å²) in [5.41, 5.74) is 5.83. The van der Waals surface area contributed by atoms with Crippen molar-refractivity contribution in [3.05, 3.63) is 6.33 Å². The number of likely N-dealkylation sites (tertiary alicyclic amines) is 1. The molecule has 21 heavy (non-hydrogen) atoms. The first-order valence-corrected chi connectivity index (χ1v) is 7.39. The molecule has 1 amide bonds. The van der Waals surface area contributed by atoms with Crippen LogP contribution in [-0.4, -0.2) is 53.6 Å². The van der Waals surface area contributed by atoms with E-state index in [9.17, 15) is 4.79 Å². The van der Waals surface area contributed by atoms with Gasteiger partial charge < -0.3 is 20.3 Å². The second-order valence-corrected chi connectivity index (χ2v) is 5.52. The molecule has 0 bridgehead atoms. The highest BCUT2D eigenvalue weighted by Crippen LogP contribution is 2.32. The zero-order valence-electron chi connectivity index (χ0n) is 12.3. The van der Waals surface area contributed by atoms with Gasteiger partial charge in [-0.1, -0.05) is 0 Å². The van der Waals surface area contributed by atoms with Gasteiger partial charge in [0.25, 0.3) is 0 Å². The second-order valence-electron chi connectivity index (χ2n) is 5.52. The normalized spacial score (nSPS) is 20.1. The maximum Gasteiger partial charge on any atom is 0.222 e. The monoisotopic (exact) mass is 291 g/mol. The molecule has 2 fully saturated rings. The molecule has 0 saturated carbocycles. The summed E-state index contributed by atoms with van der Waals surface area (Å²) in [6.07, 6.45) is 5.08. The quantitative estimate of drug-likeness (QED) is 0.880. The van der Waals surface area contributed by atoms with Gasteiger partial charge in [-0.3, -0.25) is 4.79 Å². The van der Waals surface area contributed by atoms with Crippen LogP contribution in [0.25, 0.3) is 0 Å². The average Bonchev–Trinajstić information content (AvgIpc) is 2.93. The first-order chi connectivity index (χ1) is 10.2. The van der Waals surface area contributed by atoms with E-state index in [4.69, 9.17) is 10.5 Å². The third kappa shape index (κ3) is 2.59. The third-order valence-electron chi connectivity index (χ3n) is 4.33. The van der Waals surface area contributed by atoms with Gasteiger partial charge in [0, 0.05) is 32.1 Å². The second kappa shape index (κ2) is 5.75. The highest BCUT2D eigenvalue weighted by molar-refractivity contribution is 5.78. The Kier molecular flexibility index (Phi) is 3.81. The molecule has 1 aromatic rings. The lowest BCUT2D eigenvalue weighted by Crippen LogP contribution is -2.45. The predicted octanol–water partition coefficient (Wildman–Crippen LogP) is 0.659. The van der Waals surface area contributed by atoms with Crippen LogP contribution in [-0.2, 0) is 4.79 Å². The number of amides is 1. The van der Waals surface area contributed by atoms with Gasteiger partial charge in [0.15, 0.2) is 11.6 Å². The summed E-state index contributed by atoms with van der Waals surface area (Å²) in [6.45, 7) is 2.61. The van der Waals surface area contributed by atoms with Crippen molar-refractivity contribution in [1.82, 2.24) is 14.9 Å². The summed E-state index contributed by atoms with van der Waals surface area (Å²) in [5.74, 6) is 1.95. The molecule has 114 valence electrons. The van der Waals surface area contributed by atoms with Crippen molar-refractivity contribution >= 4 is 17.5 Å². The van der Waals surface area contributed by atoms with Crippen LogP contribution in [0.4, 0.5) is 11.6 Å². The van der Waals surface area contributed by atoms with Gasteiger partial charge in [-0.25, -0.2) is 9.97 Å². The fourth-order valence-corrected chi connectivity index (χ4v) is 3.24. The van der Waals surface area contributed by atoms with Crippen molar-refractivity contribution in [3.63, 3.8) is 0 Å². The summed E-state index contributed by atoms with van der Waals surface area (Å²) >= 11 is 0. The van der Waals surface area contributed by atoms with E-state index < -0.39 is 0 Å². The van der Waals surface area contributed by atoms with Gasteiger partial charge in [-0.15, -0.1) is 0 Å². The standard InChI is InChI=1S/C14H21N5O2/c1-21-12-13(15)16-9-17-14(12)18-7-4-10(5-8-18)19-6-2-3-11(19)20/h9-10H,2-8H2,1H3,(H2,15,16,17). The number of piperidine rings is 1. The van der Waals surface area contributed by atoms with Gasteiger partial charge in [-0.2, -0.15) is 0 Å². The molecule has 2 saturated heterocycles. The van der Waals surface area contributed by atoms with Crippen molar-refractivity contribution in [3.8, 4) is 5.75 Å². The number of aromatic nitrogens is 2. The summed E-state index contributed by atoms with van der Waals surface area (Å²) in [6, 6.07) is 0.362. The summed E-state index contributed by atoms with van der Waals surface area (Å²) < 4.78 is 5.32. The number of rotatable bonds is 3. The molecule has 1 aromatic heterocycles. The molecule has 2 N–H and O–H groups in total. The Hall–Kier alpha value is -2.05. The molecule has 0 aromatic carbocycles. The molecule has 7 heteroatoms. The van der Waals surface area contributed by atoms with Gasteiger partial charge in [0.1, 0.15) is 6.33 Å². The van der Waals surface area contributed by atoms with E-state index in [-0.39, 0.29) is 0 Å². The van der Waals surface area contributed by atoms with Crippen molar-refractivity contribution in [2.45, 2.75) is 31.7 Å². The number of nitrogen functional groups attached to an aromatic ring is 1. The SMILES string of the molecule is COc1c(N)ncnc1N1CCC(N2CCCC2=O)CC1. The molecule has 3 heterocycles. The van der Waals surface area contributed by atoms with Crippen LogP contribution in [0.1, 0.15) is 25.7 Å². The molecule has 2 aliphatic heterocycles. The van der Waals surface area contributed by atoms with E-state index in [0.717, 1.165) is 44.7 Å². The molecule has 0 unspecified atom stereocenters. The van der Waals surface area contributed by atoms with E-state index in [1.54, 1.807) is 7.11 Å². The number of carbonyl (C=O) groups is 1. The van der Waals surface area contributed by atoms with Crippen LogP contribution in [0.5, 0.6) is 5.75 Å². The van der Waals surface area contributed by atoms with E-state index in [0.29, 0.717) is 29.9 Å². The number of methoxy groups -OCH3 is 1.